The molecular weight excluding hydrogens is 245 g/mol. The van der Waals surface area contributed by atoms with Gasteiger partial charge < -0.3 is 0 Å². The van der Waals surface area contributed by atoms with Crippen LogP contribution in [-0.2, 0) is 0 Å². The second-order valence-corrected chi connectivity index (χ2v) is 4.20. The van der Waals surface area contributed by atoms with Crippen molar-refractivity contribution in [1.29, 1.82) is 0 Å². The Balaban J connectivity index is 2.29. The highest BCUT2D eigenvalue weighted by atomic mass is 19.1. The summed E-state index contributed by atoms with van der Waals surface area (Å²) >= 11 is 0. The van der Waals surface area contributed by atoms with Crippen LogP contribution in [0.3, 0.4) is 0 Å². The molecule has 94 valence electrons. The summed E-state index contributed by atoms with van der Waals surface area (Å²) in [5, 5.41) is 8.04. The Morgan fingerprint density at radius 3 is 2.63 bits per heavy atom. The predicted molar refractivity (Wildman–Crippen MR) is 68.8 cm³/mol. The number of halogens is 1. The molecule has 0 N–H and O–H groups in total. The van der Waals surface area contributed by atoms with E-state index in [9.17, 15) is 9.18 Å². The van der Waals surface area contributed by atoms with Gasteiger partial charge in [-0.3, -0.25) is 9.36 Å². The van der Waals surface area contributed by atoms with E-state index in [-0.39, 0.29) is 5.78 Å². The Morgan fingerprint density at radius 1 is 1.16 bits per heavy atom. The number of aromatic nitrogens is 3. The summed E-state index contributed by atoms with van der Waals surface area (Å²) in [5.41, 5.74) is 1.45. The molecular formula is C14H10FN3O. The summed E-state index contributed by atoms with van der Waals surface area (Å²) < 4.78 is 14.5. The van der Waals surface area contributed by atoms with Crippen LogP contribution >= 0.6 is 0 Å². The highest BCUT2D eigenvalue weighted by Crippen LogP contribution is 2.24. The zero-order valence-electron chi connectivity index (χ0n) is 10.2. The summed E-state index contributed by atoms with van der Waals surface area (Å²) in [7, 11) is 0. The summed E-state index contributed by atoms with van der Waals surface area (Å²) in [5.74, 6) is -0.179. The molecule has 0 radical (unpaired) electrons. The van der Waals surface area contributed by atoms with Crippen molar-refractivity contribution in [2.75, 3.05) is 0 Å². The Hall–Kier alpha value is -2.56. The molecule has 0 unspecified atom stereocenters. The van der Waals surface area contributed by atoms with Gasteiger partial charge in [-0.2, -0.15) is 4.39 Å². The van der Waals surface area contributed by atoms with Gasteiger partial charge in [-0.15, -0.1) is 10.2 Å². The SMILES string of the molecule is CC(=O)c1cn(-c2ccc(F)nn2)c2ccccc12. The molecule has 2 aromatic heterocycles. The van der Waals surface area contributed by atoms with E-state index in [1.165, 1.54) is 19.1 Å². The smallest absolute Gasteiger partial charge is 0.233 e. The third kappa shape index (κ3) is 1.89. The number of hydrogen-bond acceptors (Lipinski definition) is 3. The molecule has 5 heteroatoms. The fourth-order valence-electron chi connectivity index (χ4n) is 2.09. The van der Waals surface area contributed by atoms with Crippen LogP contribution in [-0.4, -0.2) is 20.5 Å². The van der Waals surface area contributed by atoms with E-state index < -0.39 is 5.95 Å². The van der Waals surface area contributed by atoms with Crippen molar-refractivity contribution >= 4 is 16.7 Å². The van der Waals surface area contributed by atoms with Crippen LogP contribution in [0.15, 0.2) is 42.6 Å². The molecule has 0 aliphatic heterocycles. The molecule has 3 aromatic rings. The molecule has 0 fully saturated rings. The minimum absolute atomic E-state index is 0.0231. The Morgan fingerprint density at radius 2 is 1.95 bits per heavy atom. The zero-order chi connectivity index (χ0) is 13.4. The van der Waals surface area contributed by atoms with Gasteiger partial charge in [0.25, 0.3) is 0 Å². The van der Waals surface area contributed by atoms with Crippen molar-refractivity contribution in [3.8, 4) is 5.82 Å². The summed E-state index contributed by atoms with van der Waals surface area (Å²) in [6, 6.07) is 10.3. The highest BCUT2D eigenvalue weighted by Gasteiger charge is 2.13. The van der Waals surface area contributed by atoms with Crippen molar-refractivity contribution < 1.29 is 9.18 Å². The number of hydrogen-bond donors (Lipinski definition) is 0. The maximum atomic E-state index is 12.8. The zero-order valence-corrected chi connectivity index (χ0v) is 10.2. The largest absolute Gasteiger partial charge is 0.299 e. The van der Waals surface area contributed by atoms with Crippen LogP contribution in [0, 0.1) is 5.95 Å². The first-order valence-corrected chi connectivity index (χ1v) is 5.77. The van der Waals surface area contributed by atoms with Gasteiger partial charge in [0.2, 0.25) is 5.95 Å². The molecule has 0 aliphatic rings. The molecule has 0 aliphatic carbocycles. The lowest BCUT2D eigenvalue weighted by Gasteiger charge is -2.02. The van der Waals surface area contributed by atoms with E-state index in [4.69, 9.17) is 0 Å². The summed E-state index contributed by atoms with van der Waals surface area (Å²) in [6.45, 7) is 1.52. The van der Waals surface area contributed by atoms with Crippen LogP contribution in [0.2, 0.25) is 0 Å². The fourth-order valence-corrected chi connectivity index (χ4v) is 2.09. The van der Waals surface area contributed by atoms with Crippen LogP contribution in [0.1, 0.15) is 17.3 Å². The molecule has 2 heterocycles. The highest BCUT2D eigenvalue weighted by molar-refractivity contribution is 6.07. The van der Waals surface area contributed by atoms with E-state index in [1.807, 2.05) is 24.3 Å². The van der Waals surface area contributed by atoms with Crippen LogP contribution in [0.5, 0.6) is 0 Å². The lowest BCUT2D eigenvalue weighted by atomic mass is 10.1. The van der Waals surface area contributed by atoms with Gasteiger partial charge in [0.1, 0.15) is 0 Å². The Bertz CT molecular complexity index is 762. The van der Waals surface area contributed by atoms with Crippen LogP contribution in [0.25, 0.3) is 16.7 Å². The van der Waals surface area contributed by atoms with E-state index in [2.05, 4.69) is 10.2 Å². The number of Topliss-reactive ketones (excluding diaryl/α,β-unsaturated/α-hetero) is 1. The van der Waals surface area contributed by atoms with Crippen molar-refractivity contribution in [1.82, 2.24) is 14.8 Å². The second-order valence-electron chi connectivity index (χ2n) is 4.20. The fraction of sp³-hybridized carbons (Fsp3) is 0.0714. The minimum atomic E-state index is -0.632. The van der Waals surface area contributed by atoms with Gasteiger partial charge in [0, 0.05) is 17.1 Å². The van der Waals surface area contributed by atoms with Crippen molar-refractivity contribution in [2.24, 2.45) is 0 Å². The molecule has 4 nitrogen and oxygen atoms in total. The second kappa shape index (κ2) is 4.28. The maximum absolute atomic E-state index is 12.8. The van der Waals surface area contributed by atoms with Gasteiger partial charge in [-0.05, 0) is 25.1 Å². The van der Waals surface area contributed by atoms with E-state index >= 15 is 0 Å². The number of fused-ring (bicyclic) bond motifs is 1. The van der Waals surface area contributed by atoms with E-state index in [0.29, 0.717) is 11.4 Å². The third-order valence-corrected chi connectivity index (χ3v) is 2.96. The molecule has 3 rings (SSSR count). The predicted octanol–water partition coefficient (Wildman–Crippen LogP) is 2.76. The number of benzene rings is 1. The normalized spacial score (nSPS) is 10.8. The molecule has 19 heavy (non-hydrogen) atoms. The molecule has 0 saturated carbocycles. The Kier molecular flexibility index (Phi) is 2.59. The topological polar surface area (TPSA) is 47.8 Å². The van der Waals surface area contributed by atoms with Gasteiger partial charge in [-0.25, -0.2) is 0 Å². The van der Waals surface area contributed by atoms with Gasteiger partial charge in [0.05, 0.1) is 5.52 Å². The van der Waals surface area contributed by atoms with Crippen LogP contribution < -0.4 is 0 Å². The number of para-hydroxylation sites is 1. The van der Waals surface area contributed by atoms with Gasteiger partial charge in [-0.1, -0.05) is 18.2 Å². The maximum Gasteiger partial charge on any atom is 0.233 e. The molecule has 0 saturated heterocycles. The number of ketones is 1. The number of carbonyl (C=O) groups excluding carboxylic acids is 1. The number of rotatable bonds is 2. The average molecular weight is 255 g/mol. The number of carbonyl (C=O) groups is 1. The third-order valence-electron chi connectivity index (χ3n) is 2.96. The monoisotopic (exact) mass is 255 g/mol. The molecule has 0 atom stereocenters. The standard InChI is InChI=1S/C14H10FN3O/c1-9(19)11-8-18(12-5-3-2-4-10(11)12)14-7-6-13(15)16-17-14/h2-8H,1H3. The first kappa shape index (κ1) is 11.5. The van der Waals surface area contributed by atoms with E-state index in [0.717, 1.165) is 10.9 Å². The molecule has 0 amide bonds. The van der Waals surface area contributed by atoms with Crippen molar-refractivity contribution in [2.45, 2.75) is 6.92 Å². The Labute approximate surface area is 108 Å². The molecule has 0 bridgehead atoms. The first-order chi connectivity index (χ1) is 9.16. The summed E-state index contributed by atoms with van der Waals surface area (Å²) in [6.07, 6.45) is 1.70. The first-order valence-electron chi connectivity index (χ1n) is 5.77. The summed E-state index contributed by atoms with van der Waals surface area (Å²) in [4.78, 5) is 11.6. The average Bonchev–Trinajstić information content (AvgIpc) is 2.79. The minimum Gasteiger partial charge on any atom is -0.299 e. The van der Waals surface area contributed by atoms with E-state index in [1.54, 1.807) is 10.8 Å². The molecule has 0 spiro atoms. The number of nitrogens with zero attached hydrogens (tertiary/aromatic N) is 3. The lowest BCUT2D eigenvalue weighted by Crippen LogP contribution is -1.99. The van der Waals surface area contributed by atoms with Crippen molar-refractivity contribution in [3.05, 3.63) is 54.1 Å². The van der Waals surface area contributed by atoms with Gasteiger partial charge >= 0.3 is 0 Å². The van der Waals surface area contributed by atoms with Gasteiger partial charge in [0.15, 0.2) is 11.6 Å². The van der Waals surface area contributed by atoms with Crippen LogP contribution in [0.4, 0.5) is 4.39 Å². The van der Waals surface area contributed by atoms with Crippen molar-refractivity contribution in [3.63, 3.8) is 0 Å². The lowest BCUT2D eigenvalue weighted by molar-refractivity contribution is 0.101. The molecule has 1 aromatic carbocycles. The quantitative estimate of drug-likeness (QED) is 0.661.